The fraction of sp³-hybridized carbons (Fsp3) is 1.00. The lowest BCUT2D eigenvalue weighted by molar-refractivity contribution is 1.47. The van der Waals surface area contributed by atoms with E-state index in [0.29, 0.717) is 0 Å². The van der Waals surface area contributed by atoms with Crippen molar-refractivity contribution in [3.8, 4) is 0 Å². The monoisotopic (exact) mass is 206 g/mol. The Bertz CT molecular complexity index is 107. The smallest absolute Gasteiger partial charge is 0.0554 e. The molecular weight excluding hydrogens is 184 g/mol. The maximum atomic E-state index is 2.49. The zero-order valence-electron chi connectivity index (χ0n) is 8.99. The van der Waals surface area contributed by atoms with Crippen molar-refractivity contribution in [2.24, 2.45) is 0 Å². The van der Waals surface area contributed by atoms with Gasteiger partial charge in [-0.25, -0.2) is 0 Å². The molecule has 0 bridgehead atoms. The summed E-state index contributed by atoms with van der Waals surface area (Å²) < 4.78 is 1.01. The van der Waals surface area contributed by atoms with Crippen molar-refractivity contribution in [2.75, 3.05) is 6.26 Å². The van der Waals surface area contributed by atoms with Crippen molar-refractivity contribution in [3.63, 3.8) is 0 Å². The van der Waals surface area contributed by atoms with Gasteiger partial charge in [-0.05, 0) is 10.8 Å². The summed E-state index contributed by atoms with van der Waals surface area (Å²) in [6, 6.07) is 0. The molecule has 0 spiro atoms. The van der Waals surface area contributed by atoms with Crippen LogP contribution in [0.3, 0.4) is 0 Å². The van der Waals surface area contributed by atoms with Crippen LogP contribution in [0, 0.1) is 0 Å². The third kappa shape index (κ3) is 3.81. The largest absolute Gasteiger partial charge is 0.168 e. The summed E-state index contributed by atoms with van der Waals surface area (Å²) in [4.78, 5) is 0. The molecule has 0 saturated carbocycles. The molecule has 0 fully saturated rings. The lowest BCUT2D eigenvalue weighted by atomic mass is 11.7. The van der Waals surface area contributed by atoms with Crippen LogP contribution in [0.1, 0.15) is 0 Å². The summed E-state index contributed by atoms with van der Waals surface area (Å²) in [5.74, 6) is 0. The molecule has 0 amide bonds. The highest BCUT2D eigenvalue weighted by Crippen LogP contribution is 2.28. The Balaban J connectivity index is 4.43. The molecule has 0 rings (SSSR count). The van der Waals surface area contributed by atoms with Gasteiger partial charge in [0, 0.05) is 0 Å². The Morgan fingerprint density at radius 3 is 1.09 bits per heavy atom. The van der Waals surface area contributed by atoms with Gasteiger partial charge in [0.05, 0.1) is 16.1 Å². The number of hydrogen-bond acceptors (Lipinski definition) is 1. The molecule has 0 aliphatic rings. The third-order valence-corrected chi connectivity index (χ3v) is 16.3. The predicted octanol–water partition coefficient (Wildman–Crippen LogP) is 3.47. The summed E-state index contributed by atoms with van der Waals surface area (Å²) in [7, 11) is -1.79. The van der Waals surface area contributed by atoms with Crippen molar-refractivity contribution in [3.05, 3.63) is 0 Å². The third-order valence-electron chi connectivity index (χ3n) is 1.81. The van der Waals surface area contributed by atoms with Gasteiger partial charge in [0.15, 0.2) is 0 Å². The van der Waals surface area contributed by atoms with Gasteiger partial charge in [0.25, 0.3) is 0 Å². The molecule has 0 radical (unpaired) electrons. The second kappa shape index (κ2) is 3.66. The van der Waals surface area contributed by atoms with Crippen LogP contribution >= 0.6 is 11.8 Å². The molecule has 0 aromatic carbocycles. The molecule has 0 aromatic rings. The van der Waals surface area contributed by atoms with Gasteiger partial charge in [-0.2, -0.15) is 11.8 Å². The first-order chi connectivity index (χ1) is 4.69. The first kappa shape index (κ1) is 11.8. The predicted molar refractivity (Wildman–Crippen MR) is 64.0 cm³/mol. The van der Waals surface area contributed by atoms with Crippen molar-refractivity contribution in [1.82, 2.24) is 0 Å². The van der Waals surface area contributed by atoms with E-state index in [-0.39, 0.29) is 0 Å². The van der Waals surface area contributed by atoms with E-state index in [1.54, 1.807) is 0 Å². The first-order valence-electron chi connectivity index (χ1n) is 4.22. The zero-order chi connectivity index (χ0) is 9.28. The molecule has 0 aliphatic carbocycles. The highest BCUT2D eigenvalue weighted by atomic mass is 32.2. The maximum Gasteiger partial charge on any atom is 0.0554 e. The van der Waals surface area contributed by atoms with E-state index in [1.807, 2.05) is 0 Å². The number of thioether (sulfide) groups is 1. The average Bonchev–Trinajstić information content (AvgIpc) is 1.56. The van der Waals surface area contributed by atoms with Gasteiger partial charge in [-0.3, -0.25) is 0 Å². The Kier molecular flexibility index (Phi) is 3.93. The van der Waals surface area contributed by atoms with Gasteiger partial charge in [0.2, 0.25) is 0 Å². The Labute approximate surface area is 78.2 Å². The van der Waals surface area contributed by atoms with Crippen LogP contribution in [-0.4, -0.2) is 26.9 Å². The van der Waals surface area contributed by atoms with Crippen LogP contribution in [0.15, 0.2) is 0 Å². The van der Waals surface area contributed by atoms with Crippen molar-refractivity contribution in [2.45, 2.75) is 43.8 Å². The van der Waals surface area contributed by atoms with E-state index in [0.717, 1.165) is 4.50 Å². The minimum Gasteiger partial charge on any atom is -0.168 e. The molecule has 0 aliphatic heterocycles. The second-order valence-corrected chi connectivity index (χ2v) is 18.3. The Morgan fingerprint density at radius 2 is 1.09 bits per heavy atom. The van der Waals surface area contributed by atoms with Crippen molar-refractivity contribution in [1.29, 1.82) is 0 Å². The van der Waals surface area contributed by atoms with E-state index in [9.17, 15) is 0 Å². The topological polar surface area (TPSA) is 0 Å². The van der Waals surface area contributed by atoms with Crippen LogP contribution in [0.4, 0.5) is 0 Å². The molecule has 3 heteroatoms. The fourth-order valence-corrected chi connectivity index (χ4v) is 18.1. The molecule has 0 N–H and O–H groups in total. The SMILES string of the molecule is CSC([Si](C)(C)C)[Si](C)(C)C. The van der Waals surface area contributed by atoms with E-state index < -0.39 is 16.1 Å². The fourth-order valence-electron chi connectivity index (χ4n) is 2.01. The average molecular weight is 207 g/mol. The van der Waals surface area contributed by atoms with E-state index in [1.165, 1.54) is 0 Å². The molecule has 68 valence electrons. The molecule has 0 saturated heterocycles. The zero-order valence-corrected chi connectivity index (χ0v) is 11.8. The molecular formula is C8H22SSi2. The molecule has 0 unspecified atom stereocenters. The summed E-state index contributed by atoms with van der Waals surface area (Å²) in [6.45, 7) is 15.0. The summed E-state index contributed by atoms with van der Waals surface area (Å²) in [5, 5.41) is 0. The summed E-state index contributed by atoms with van der Waals surface area (Å²) in [6.07, 6.45) is 2.28. The quantitative estimate of drug-likeness (QED) is 0.637. The lowest BCUT2D eigenvalue weighted by Gasteiger charge is -2.36. The first-order valence-corrected chi connectivity index (χ1v) is 12.7. The van der Waals surface area contributed by atoms with Gasteiger partial charge in [-0.1, -0.05) is 39.3 Å². The van der Waals surface area contributed by atoms with Crippen LogP contribution in [0.5, 0.6) is 0 Å². The minimum atomic E-state index is -0.897. The van der Waals surface area contributed by atoms with Crippen molar-refractivity contribution >= 4 is 27.9 Å². The summed E-state index contributed by atoms with van der Waals surface area (Å²) >= 11 is 2.11. The second-order valence-electron chi connectivity index (χ2n) is 5.35. The van der Waals surface area contributed by atoms with Crippen LogP contribution < -0.4 is 0 Å². The van der Waals surface area contributed by atoms with Gasteiger partial charge in [0.1, 0.15) is 0 Å². The summed E-state index contributed by atoms with van der Waals surface area (Å²) in [5.41, 5.74) is 0. The van der Waals surface area contributed by atoms with Gasteiger partial charge >= 0.3 is 0 Å². The number of rotatable bonds is 3. The lowest BCUT2D eigenvalue weighted by Crippen LogP contribution is -2.51. The van der Waals surface area contributed by atoms with Crippen LogP contribution in [0.2, 0.25) is 39.3 Å². The van der Waals surface area contributed by atoms with Gasteiger partial charge in [-0.15, -0.1) is 0 Å². The van der Waals surface area contributed by atoms with E-state index in [2.05, 4.69) is 57.3 Å². The maximum absolute atomic E-state index is 2.49. The molecule has 0 heterocycles. The highest BCUT2D eigenvalue weighted by Gasteiger charge is 2.36. The van der Waals surface area contributed by atoms with Gasteiger partial charge < -0.3 is 0 Å². The minimum absolute atomic E-state index is 0.897. The molecule has 0 nitrogen and oxygen atoms in total. The van der Waals surface area contributed by atoms with E-state index >= 15 is 0 Å². The van der Waals surface area contributed by atoms with Crippen LogP contribution in [-0.2, 0) is 0 Å². The normalized spacial score (nSPS) is 14.2. The highest BCUT2D eigenvalue weighted by molar-refractivity contribution is 8.02. The van der Waals surface area contributed by atoms with Crippen molar-refractivity contribution < 1.29 is 0 Å². The standard InChI is InChI=1S/C8H22SSi2/c1-9-8(10(2,3)4)11(5,6)7/h8H,1-7H3. The molecule has 0 atom stereocenters. The van der Waals surface area contributed by atoms with E-state index in [4.69, 9.17) is 0 Å². The molecule has 11 heavy (non-hydrogen) atoms. The van der Waals surface area contributed by atoms with Crippen LogP contribution in [0.25, 0.3) is 0 Å². The number of hydrogen-bond donors (Lipinski definition) is 0. The Morgan fingerprint density at radius 1 is 0.818 bits per heavy atom. The molecule has 0 aromatic heterocycles. The Hall–Kier alpha value is 0.784.